The van der Waals surface area contributed by atoms with Gasteiger partial charge in [-0.05, 0) is 41.8 Å². The van der Waals surface area contributed by atoms with Gasteiger partial charge >= 0.3 is 0 Å². The standard InChI is InChI=1S/C9H8BrClO/c1-2-6-5-7(9(11)12)3-4-8(6)10/h3-5H,2H2,1H3. The molecule has 0 unspecified atom stereocenters. The smallest absolute Gasteiger partial charge is 0.252 e. The van der Waals surface area contributed by atoms with Gasteiger partial charge in [0.1, 0.15) is 0 Å². The summed E-state index contributed by atoms with van der Waals surface area (Å²) in [5.74, 6) is 0. The van der Waals surface area contributed by atoms with Crippen molar-refractivity contribution in [3.05, 3.63) is 33.8 Å². The Balaban J connectivity index is 3.13. The second-order valence-corrected chi connectivity index (χ2v) is 3.63. The second-order valence-electron chi connectivity index (χ2n) is 2.43. The highest BCUT2D eigenvalue weighted by molar-refractivity contribution is 9.10. The fourth-order valence-electron chi connectivity index (χ4n) is 0.968. The summed E-state index contributed by atoms with van der Waals surface area (Å²) < 4.78 is 1.02. The van der Waals surface area contributed by atoms with Gasteiger partial charge in [0.2, 0.25) is 0 Å². The lowest BCUT2D eigenvalue weighted by atomic mass is 10.1. The lowest BCUT2D eigenvalue weighted by Gasteiger charge is -2.01. The zero-order chi connectivity index (χ0) is 9.14. The summed E-state index contributed by atoms with van der Waals surface area (Å²) >= 11 is 8.72. The average molecular weight is 248 g/mol. The predicted octanol–water partition coefficient (Wildman–Crippen LogP) is 3.39. The summed E-state index contributed by atoms with van der Waals surface area (Å²) in [5, 5.41) is -0.405. The number of benzene rings is 1. The molecule has 0 fully saturated rings. The Labute approximate surface area is 84.9 Å². The molecule has 12 heavy (non-hydrogen) atoms. The molecule has 0 spiro atoms. The van der Waals surface area contributed by atoms with E-state index in [0.717, 1.165) is 16.5 Å². The summed E-state index contributed by atoms with van der Waals surface area (Å²) in [5.41, 5.74) is 1.65. The first-order chi connectivity index (χ1) is 5.65. The van der Waals surface area contributed by atoms with Crippen molar-refractivity contribution in [2.45, 2.75) is 13.3 Å². The van der Waals surface area contributed by atoms with E-state index in [4.69, 9.17) is 11.6 Å². The molecule has 0 saturated carbocycles. The van der Waals surface area contributed by atoms with E-state index in [1.54, 1.807) is 12.1 Å². The van der Waals surface area contributed by atoms with Gasteiger partial charge in [-0.2, -0.15) is 0 Å². The van der Waals surface area contributed by atoms with Gasteiger partial charge in [-0.1, -0.05) is 22.9 Å². The molecule has 0 aliphatic carbocycles. The van der Waals surface area contributed by atoms with Crippen LogP contribution in [0, 0.1) is 0 Å². The number of halogens is 2. The summed E-state index contributed by atoms with van der Waals surface area (Å²) in [6, 6.07) is 5.35. The highest BCUT2D eigenvalue weighted by Crippen LogP contribution is 2.19. The Morgan fingerprint density at radius 3 is 2.75 bits per heavy atom. The Bertz CT molecular complexity index is 309. The quantitative estimate of drug-likeness (QED) is 0.732. The maximum atomic E-state index is 10.8. The highest BCUT2D eigenvalue weighted by atomic mass is 79.9. The van der Waals surface area contributed by atoms with E-state index in [-0.39, 0.29) is 0 Å². The molecule has 3 heteroatoms. The molecule has 0 aliphatic rings. The molecule has 0 bridgehead atoms. The van der Waals surface area contributed by atoms with E-state index in [9.17, 15) is 4.79 Å². The molecule has 0 aromatic heterocycles. The van der Waals surface area contributed by atoms with E-state index in [1.807, 2.05) is 13.0 Å². The van der Waals surface area contributed by atoms with Crippen LogP contribution >= 0.6 is 27.5 Å². The van der Waals surface area contributed by atoms with Gasteiger partial charge in [0, 0.05) is 10.0 Å². The van der Waals surface area contributed by atoms with Crippen molar-refractivity contribution in [2.75, 3.05) is 0 Å². The molecule has 0 saturated heterocycles. The van der Waals surface area contributed by atoms with E-state index in [1.165, 1.54) is 0 Å². The van der Waals surface area contributed by atoms with Crippen LogP contribution in [0.2, 0.25) is 0 Å². The summed E-state index contributed by atoms with van der Waals surface area (Å²) in [7, 11) is 0. The van der Waals surface area contributed by atoms with Gasteiger partial charge in [-0.3, -0.25) is 4.79 Å². The molecule has 64 valence electrons. The van der Waals surface area contributed by atoms with Gasteiger partial charge in [-0.25, -0.2) is 0 Å². The first kappa shape index (κ1) is 9.75. The fraction of sp³-hybridized carbons (Fsp3) is 0.222. The lowest BCUT2D eigenvalue weighted by Crippen LogP contribution is -1.91. The van der Waals surface area contributed by atoms with Crippen molar-refractivity contribution >= 4 is 32.8 Å². The van der Waals surface area contributed by atoms with Crippen LogP contribution in [0.4, 0.5) is 0 Å². The molecule has 0 heterocycles. The number of rotatable bonds is 2. The Morgan fingerprint density at radius 1 is 1.58 bits per heavy atom. The topological polar surface area (TPSA) is 17.1 Å². The maximum Gasteiger partial charge on any atom is 0.252 e. The largest absolute Gasteiger partial charge is 0.276 e. The number of carbonyl (C=O) groups is 1. The van der Waals surface area contributed by atoms with Gasteiger partial charge in [0.15, 0.2) is 0 Å². The average Bonchev–Trinajstić information content (AvgIpc) is 2.05. The summed E-state index contributed by atoms with van der Waals surface area (Å²) in [6.45, 7) is 2.03. The fourth-order valence-corrected chi connectivity index (χ4v) is 1.61. The molecule has 0 radical (unpaired) electrons. The van der Waals surface area contributed by atoms with Gasteiger partial charge in [-0.15, -0.1) is 0 Å². The third-order valence-electron chi connectivity index (χ3n) is 1.65. The first-order valence-electron chi connectivity index (χ1n) is 3.63. The third kappa shape index (κ3) is 2.08. The molecular formula is C9H8BrClO. The van der Waals surface area contributed by atoms with Crippen molar-refractivity contribution in [1.29, 1.82) is 0 Å². The van der Waals surface area contributed by atoms with E-state index < -0.39 is 5.24 Å². The van der Waals surface area contributed by atoms with Crippen molar-refractivity contribution in [2.24, 2.45) is 0 Å². The third-order valence-corrected chi connectivity index (χ3v) is 2.65. The van der Waals surface area contributed by atoms with Gasteiger partial charge in [0.05, 0.1) is 0 Å². The van der Waals surface area contributed by atoms with E-state index >= 15 is 0 Å². The van der Waals surface area contributed by atoms with Gasteiger partial charge in [0.25, 0.3) is 5.24 Å². The SMILES string of the molecule is CCc1cc(C(=O)Cl)ccc1Br. The highest BCUT2D eigenvalue weighted by Gasteiger charge is 2.04. The molecular weight excluding hydrogens is 239 g/mol. The zero-order valence-corrected chi connectivity index (χ0v) is 8.95. The lowest BCUT2D eigenvalue weighted by molar-refractivity contribution is 0.108. The van der Waals surface area contributed by atoms with Crippen LogP contribution in [0.25, 0.3) is 0 Å². The van der Waals surface area contributed by atoms with E-state index in [2.05, 4.69) is 15.9 Å². The minimum absolute atomic E-state index is 0.405. The molecule has 1 aromatic rings. The number of aryl methyl sites for hydroxylation is 1. The molecule has 0 amide bonds. The van der Waals surface area contributed by atoms with Crippen LogP contribution in [0.1, 0.15) is 22.8 Å². The van der Waals surface area contributed by atoms with Crippen molar-refractivity contribution in [3.63, 3.8) is 0 Å². The van der Waals surface area contributed by atoms with Crippen LogP contribution < -0.4 is 0 Å². The summed E-state index contributed by atoms with van der Waals surface area (Å²) in [4.78, 5) is 10.8. The van der Waals surface area contributed by atoms with Gasteiger partial charge < -0.3 is 0 Å². The molecule has 1 aromatic carbocycles. The summed E-state index contributed by atoms with van der Waals surface area (Å²) in [6.07, 6.45) is 0.887. The molecule has 1 nitrogen and oxygen atoms in total. The molecule has 1 rings (SSSR count). The normalized spacial score (nSPS) is 9.92. The monoisotopic (exact) mass is 246 g/mol. The molecule has 0 aliphatic heterocycles. The van der Waals surface area contributed by atoms with Crippen molar-refractivity contribution in [3.8, 4) is 0 Å². The van der Waals surface area contributed by atoms with Crippen LogP contribution in [0.3, 0.4) is 0 Å². The minimum Gasteiger partial charge on any atom is -0.276 e. The number of carbonyl (C=O) groups excluding carboxylic acids is 1. The first-order valence-corrected chi connectivity index (χ1v) is 4.80. The van der Waals surface area contributed by atoms with Crippen LogP contribution in [0.5, 0.6) is 0 Å². The van der Waals surface area contributed by atoms with Crippen molar-refractivity contribution in [1.82, 2.24) is 0 Å². The van der Waals surface area contributed by atoms with Crippen LogP contribution in [-0.4, -0.2) is 5.24 Å². The maximum absolute atomic E-state index is 10.8. The Hall–Kier alpha value is -0.340. The van der Waals surface area contributed by atoms with Crippen LogP contribution in [-0.2, 0) is 6.42 Å². The number of hydrogen-bond donors (Lipinski definition) is 0. The number of hydrogen-bond acceptors (Lipinski definition) is 1. The molecule has 0 atom stereocenters. The molecule has 0 N–H and O–H groups in total. The van der Waals surface area contributed by atoms with E-state index in [0.29, 0.717) is 5.56 Å². The minimum atomic E-state index is -0.405. The Morgan fingerprint density at radius 2 is 2.25 bits per heavy atom. The van der Waals surface area contributed by atoms with Crippen LogP contribution in [0.15, 0.2) is 22.7 Å². The second kappa shape index (κ2) is 4.06. The zero-order valence-electron chi connectivity index (χ0n) is 6.60. The predicted molar refractivity (Wildman–Crippen MR) is 53.7 cm³/mol. The Kier molecular flexibility index (Phi) is 3.29. The van der Waals surface area contributed by atoms with Crippen molar-refractivity contribution < 1.29 is 4.79 Å².